The Balaban J connectivity index is 2.06. The SMILES string of the molecule is CCCc1cccc(C(N)C2CSCCO2)c1. The molecule has 0 spiro atoms. The minimum Gasteiger partial charge on any atom is -0.375 e. The van der Waals surface area contributed by atoms with Gasteiger partial charge in [-0.1, -0.05) is 37.6 Å². The van der Waals surface area contributed by atoms with Crippen LogP contribution in [0.3, 0.4) is 0 Å². The molecule has 2 rings (SSSR count). The molecule has 3 heteroatoms. The summed E-state index contributed by atoms with van der Waals surface area (Å²) in [7, 11) is 0. The summed E-state index contributed by atoms with van der Waals surface area (Å²) in [6.07, 6.45) is 2.47. The van der Waals surface area contributed by atoms with Crippen molar-refractivity contribution in [3.05, 3.63) is 35.4 Å². The maximum Gasteiger partial charge on any atom is 0.0858 e. The minimum absolute atomic E-state index is 0.0135. The zero-order valence-electron chi connectivity index (χ0n) is 10.4. The lowest BCUT2D eigenvalue weighted by molar-refractivity contribution is 0.0569. The smallest absolute Gasteiger partial charge is 0.0858 e. The molecular weight excluding hydrogens is 230 g/mol. The Morgan fingerprint density at radius 3 is 3.12 bits per heavy atom. The van der Waals surface area contributed by atoms with E-state index in [1.807, 2.05) is 11.8 Å². The van der Waals surface area contributed by atoms with Gasteiger partial charge in [-0.05, 0) is 17.5 Å². The van der Waals surface area contributed by atoms with Gasteiger partial charge in [0.25, 0.3) is 0 Å². The predicted octanol–water partition coefficient (Wildman–Crippen LogP) is 2.77. The minimum atomic E-state index is 0.0135. The highest BCUT2D eigenvalue weighted by Crippen LogP contribution is 2.24. The topological polar surface area (TPSA) is 35.2 Å². The lowest BCUT2D eigenvalue weighted by atomic mass is 9.99. The molecule has 0 saturated carbocycles. The molecule has 0 bridgehead atoms. The van der Waals surface area contributed by atoms with Crippen molar-refractivity contribution < 1.29 is 4.74 Å². The molecule has 0 aliphatic carbocycles. The molecule has 1 fully saturated rings. The summed E-state index contributed by atoms with van der Waals surface area (Å²) in [5.74, 6) is 2.11. The molecule has 0 radical (unpaired) electrons. The van der Waals surface area contributed by atoms with Crippen LogP contribution in [-0.4, -0.2) is 24.2 Å². The molecule has 1 aromatic carbocycles. The highest BCUT2D eigenvalue weighted by atomic mass is 32.2. The van der Waals surface area contributed by atoms with Crippen molar-refractivity contribution in [1.29, 1.82) is 0 Å². The fourth-order valence-electron chi connectivity index (χ4n) is 2.17. The molecule has 17 heavy (non-hydrogen) atoms. The van der Waals surface area contributed by atoms with Crippen molar-refractivity contribution >= 4 is 11.8 Å². The molecule has 94 valence electrons. The van der Waals surface area contributed by atoms with Crippen LogP contribution in [0.25, 0.3) is 0 Å². The monoisotopic (exact) mass is 251 g/mol. The van der Waals surface area contributed by atoms with E-state index in [-0.39, 0.29) is 12.1 Å². The molecule has 2 unspecified atom stereocenters. The number of ether oxygens (including phenoxy) is 1. The van der Waals surface area contributed by atoms with Gasteiger partial charge >= 0.3 is 0 Å². The number of thioether (sulfide) groups is 1. The van der Waals surface area contributed by atoms with Crippen molar-refractivity contribution in [2.45, 2.75) is 31.9 Å². The highest BCUT2D eigenvalue weighted by molar-refractivity contribution is 7.99. The van der Waals surface area contributed by atoms with Crippen LogP contribution in [0.5, 0.6) is 0 Å². The second-order valence-corrected chi connectivity index (χ2v) is 5.65. The van der Waals surface area contributed by atoms with Gasteiger partial charge in [0.15, 0.2) is 0 Å². The van der Waals surface area contributed by atoms with Crippen LogP contribution >= 0.6 is 11.8 Å². The Morgan fingerprint density at radius 1 is 1.53 bits per heavy atom. The van der Waals surface area contributed by atoms with Gasteiger partial charge in [0.2, 0.25) is 0 Å². The van der Waals surface area contributed by atoms with Crippen molar-refractivity contribution in [1.82, 2.24) is 0 Å². The molecule has 2 nitrogen and oxygen atoms in total. The first-order valence-electron chi connectivity index (χ1n) is 6.35. The van der Waals surface area contributed by atoms with E-state index in [1.165, 1.54) is 17.5 Å². The maximum atomic E-state index is 6.30. The van der Waals surface area contributed by atoms with E-state index in [1.54, 1.807) is 0 Å². The molecule has 0 aromatic heterocycles. The Kier molecular flexibility index (Phi) is 4.89. The second-order valence-electron chi connectivity index (χ2n) is 4.50. The van der Waals surface area contributed by atoms with E-state index in [0.717, 1.165) is 24.5 Å². The van der Waals surface area contributed by atoms with E-state index in [0.29, 0.717) is 0 Å². The van der Waals surface area contributed by atoms with Gasteiger partial charge in [-0.15, -0.1) is 0 Å². The molecule has 1 aliphatic heterocycles. The first kappa shape index (κ1) is 12.9. The average Bonchev–Trinajstić information content (AvgIpc) is 2.40. The van der Waals surface area contributed by atoms with E-state index >= 15 is 0 Å². The molecule has 1 aromatic rings. The first-order chi connectivity index (χ1) is 8.31. The molecule has 2 atom stereocenters. The summed E-state index contributed by atoms with van der Waals surface area (Å²) < 4.78 is 5.75. The van der Waals surface area contributed by atoms with Gasteiger partial charge in [-0.25, -0.2) is 0 Å². The van der Waals surface area contributed by atoms with Gasteiger partial charge < -0.3 is 10.5 Å². The van der Waals surface area contributed by atoms with Crippen LogP contribution in [-0.2, 0) is 11.2 Å². The van der Waals surface area contributed by atoms with Crippen molar-refractivity contribution in [2.24, 2.45) is 5.73 Å². The van der Waals surface area contributed by atoms with Crippen LogP contribution in [0, 0.1) is 0 Å². The van der Waals surface area contributed by atoms with Gasteiger partial charge in [-0.3, -0.25) is 0 Å². The number of benzene rings is 1. The zero-order valence-corrected chi connectivity index (χ0v) is 11.2. The summed E-state index contributed by atoms with van der Waals surface area (Å²) in [5, 5.41) is 0. The largest absolute Gasteiger partial charge is 0.375 e. The molecule has 2 N–H and O–H groups in total. The Morgan fingerprint density at radius 2 is 2.41 bits per heavy atom. The van der Waals surface area contributed by atoms with Crippen LogP contribution in [0.15, 0.2) is 24.3 Å². The molecule has 1 heterocycles. The van der Waals surface area contributed by atoms with E-state index in [2.05, 4.69) is 31.2 Å². The Bertz CT molecular complexity index is 350. The Hall–Kier alpha value is -0.510. The second kappa shape index (κ2) is 6.43. The summed E-state index contributed by atoms with van der Waals surface area (Å²) in [4.78, 5) is 0. The zero-order chi connectivity index (χ0) is 12.1. The lowest BCUT2D eigenvalue weighted by Crippen LogP contribution is -2.34. The third kappa shape index (κ3) is 3.47. The van der Waals surface area contributed by atoms with Gasteiger partial charge in [0, 0.05) is 11.5 Å². The number of rotatable bonds is 4. The molecule has 1 aliphatic rings. The van der Waals surface area contributed by atoms with Gasteiger partial charge in [-0.2, -0.15) is 11.8 Å². The standard InChI is InChI=1S/C14H21NOS/c1-2-4-11-5-3-6-12(9-11)14(15)13-10-17-8-7-16-13/h3,5-6,9,13-14H,2,4,7-8,10,15H2,1H3. The van der Waals surface area contributed by atoms with Crippen LogP contribution in [0.4, 0.5) is 0 Å². The van der Waals surface area contributed by atoms with Crippen molar-refractivity contribution in [3.63, 3.8) is 0 Å². The lowest BCUT2D eigenvalue weighted by Gasteiger charge is -2.28. The predicted molar refractivity (Wildman–Crippen MR) is 74.4 cm³/mol. The quantitative estimate of drug-likeness (QED) is 0.893. The maximum absolute atomic E-state index is 6.30. The van der Waals surface area contributed by atoms with Crippen LogP contribution in [0.2, 0.25) is 0 Å². The van der Waals surface area contributed by atoms with E-state index in [4.69, 9.17) is 10.5 Å². The third-order valence-corrected chi connectivity index (χ3v) is 4.14. The van der Waals surface area contributed by atoms with E-state index < -0.39 is 0 Å². The number of aryl methyl sites for hydroxylation is 1. The number of hydrogen-bond donors (Lipinski definition) is 1. The van der Waals surface area contributed by atoms with Gasteiger partial charge in [0.1, 0.15) is 0 Å². The normalized spacial score (nSPS) is 22.4. The molecule has 0 amide bonds. The van der Waals surface area contributed by atoms with Crippen molar-refractivity contribution in [2.75, 3.05) is 18.1 Å². The van der Waals surface area contributed by atoms with Crippen LogP contribution in [0.1, 0.15) is 30.5 Å². The van der Waals surface area contributed by atoms with E-state index in [9.17, 15) is 0 Å². The fraction of sp³-hybridized carbons (Fsp3) is 0.571. The van der Waals surface area contributed by atoms with Crippen molar-refractivity contribution in [3.8, 4) is 0 Å². The number of hydrogen-bond acceptors (Lipinski definition) is 3. The third-order valence-electron chi connectivity index (χ3n) is 3.12. The summed E-state index contributed by atoms with van der Waals surface area (Å²) in [5.41, 5.74) is 8.89. The summed E-state index contributed by atoms with van der Waals surface area (Å²) >= 11 is 1.94. The fourth-order valence-corrected chi connectivity index (χ4v) is 3.09. The highest BCUT2D eigenvalue weighted by Gasteiger charge is 2.23. The van der Waals surface area contributed by atoms with Gasteiger partial charge in [0.05, 0.1) is 18.8 Å². The molecule has 1 saturated heterocycles. The Labute approximate surface area is 108 Å². The average molecular weight is 251 g/mol. The summed E-state index contributed by atoms with van der Waals surface area (Å²) in [6, 6.07) is 8.65. The summed E-state index contributed by atoms with van der Waals surface area (Å²) in [6.45, 7) is 3.03. The van der Waals surface area contributed by atoms with Crippen LogP contribution < -0.4 is 5.73 Å². The molecular formula is C14H21NOS. The number of nitrogens with two attached hydrogens (primary N) is 1. The first-order valence-corrected chi connectivity index (χ1v) is 7.50.